The number of halogens is 3. The van der Waals surface area contributed by atoms with Crippen LogP contribution < -0.4 is 4.74 Å². The van der Waals surface area contributed by atoms with Crippen molar-refractivity contribution in [3.8, 4) is 5.88 Å². The van der Waals surface area contributed by atoms with Crippen LogP contribution in [0.3, 0.4) is 0 Å². The Kier molecular flexibility index (Phi) is 6.57. The van der Waals surface area contributed by atoms with Gasteiger partial charge in [-0.2, -0.15) is 0 Å². The number of alkyl halides is 2. The van der Waals surface area contributed by atoms with Crippen molar-refractivity contribution in [3.05, 3.63) is 23.1 Å². The third-order valence-electron chi connectivity index (χ3n) is 5.40. The monoisotopic (exact) mass is 356 g/mol. The number of pyridine rings is 1. The largest absolute Gasteiger partial charge is 0.470 e. The van der Waals surface area contributed by atoms with Gasteiger partial charge in [-0.15, -0.1) is 0 Å². The number of fused-ring (bicyclic) bond motifs is 1. The summed E-state index contributed by atoms with van der Waals surface area (Å²) in [4.78, 5) is 6.60. The Morgan fingerprint density at radius 2 is 1.92 bits per heavy atom. The summed E-state index contributed by atoms with van der Waals surface area (Å²) in [6.45, 7) is 2.04. The van der Waals surface area contributed by atoms with Crippen molar-refractivity contribution in [2.75, 3.05) is 26.2 Å². The lowest BCUT2D eigenvalue weighted by Crippen LogP contribution is -2.29. The van der Waals surface area contributed by atoms with E-state index >= 15 is 0 Å². The molecule has 0 radical (unpaired) electrons. The van der Waals surface area contributed by atoms with Gasteiger partial charge in [0.2, 0.25) is 0 Å². The van der Waals surface area contributed by atoms with Crippen molar-refractivity contribution in [2.45, 2.75) is 57.8 Å². The molecule has 2 aliphatic rings. The minimum Gasteiger partial charge on any atom is -0.470 e. The van der Waals surface area contributed by atoms with Crippen LogP contribution in [0, 0.1) is 11.7 Å². The van der Waals surface area contributed by atoms with Crippen LogP contribution in [0.15, 0.2) is 6.07 Å². The third kappa shape index (κ3) is 5.33. The van der Waals surface area contributed by atoms with Crippen molar-refractivity contribution in [2.24, 2.45) is 5.92 Å². The molecule has 0 unspecified atom stereocenters. The highest BCUT2D eigenvalue weighted by molar-refractivity contribution is 5.29. The summed E-state index contributed by atoms with van der Waals surface area (Å²) in [5.74, 6) is -0.0888. The number of hydrogen-bond donors (Lipinski definition) is 0. The minimum atomic E-state index is -2.63. The minimum absolute atomic E-state index is 0.297. The van der Waals surface area contributed by atoms with Crippen LogP contribution in [-0.4, -0.2) is 42.6 Å². The van der Waals surface area contributed by atoms with Crippen molar-refractivity contribution in [3.63, 3.8) is 0 Å². The van der Waals surface area contributed by atoms with Gasteiger partial charge in [-0.3, -0.25) is 0 Å². The predicted octanol–water partition coefficient (Wildman–Crippen LogP) is 4.24. The molecule has 3 rings (SSSR count). The van der Waals surface area contributed by atoms with E-state index < -0.39 is 18.8 Å². The molecule has 25 heavy (non-hydrogen) atoms. The van der Waals surface area contributed by atoms with E-state index in [4.69, 9.17) is 4.74 Å². The Labute approximate surface area is 147 Å². The lowest BCUT2D eigenvalue weighted by molar-refractivity contribution is 0.0772. The van der Waals surface area contributed by atoms with Crippen molar-refractivity contribution >= 4 is 0 Å². The molecule has 6 heteroatoms. The molecule has 1 saturated carbocycles. The number of rotatable bonds is 6. The Morgan fingerprint density at radius 3 is 2.68 bits per heavy atom. The first-order chi connectivity index (χ1) is 12.1. The van der Waals surface area contributed by atoms with Gasteiger partial charge >= 0.3 is 0 Å². The Hall–Kier alpha value is -1.30. The van der Waals surface area contributed by atoms with Gasteiger partial charge in [0, 0.05) is 25.2 Å². The normalized spacial score (nSPS) is 19.7. The molecule has 3 nitrogen and oxygen atoms in total. The van der Waals surface area contributed by atoms with Crippen LogP contribution in [0.2, 0.25) is 0 Å². The lowest BCUT2D eigenvalue weighted by atomic mass is 9.87. The van der Waals surface area contributed by atoms with Gasteiger partial charge in [0.05, 0.1) is 0 Å². The molecule has 1 aliphatic heterocycles. The maximum Gasteiger partial charge on any atom is 0.272 e. The van der Waals surface area contributed by atoms with E-state index in [1.54, 1.807) is 0 Å². The van der Waals surface area contributed by atoms with Gasteiger partial charge in [0.15, 0.2) is 12.4 Å². The molecule has 0 aromatic carbocycles. The summed E-state index contributed by atoms with van der Waals surface area (Å²) in [7, 11) is 0. The van der Waals surface area contributed by atoms with Crippen molar-refractivity contribution in [1.82, 2.24) is 9.88 Å². The van der Waals surface area contributed by atoms with E-state index in [-0.39, 0.29) is 5.88 Å². The van der Waals surface area contributed by atoms with Crippen molar-refractivity contribution < 1.29 is 17.9 Å². The summed E-state index contributed by atoms with van der Waals surface area (Å²) in [6, 6.07) is 1.41. The van der Waals surface area contributed by atoms with E-state index in [2.05, 4.69) is 9.88 Å². The molecular weight excluding hydrogens is 329 g/mol. The van der Waals surface area contributed by atoms with Crippen LogP contribution >= 0.6 is 0 Å². The SMILES string of the molecule is Fc1cc2c(nc1OCC(F)F)CCN(CCC1CCCCC1)CC2. The zero-order valence-electron chi connectivity index (χ0n) is 14.7. The molecule has 0 spiro atoms. The number of aromatic nitrogens is 1. The summed E-state index contributed by atoms with van der Waals surface area (Å²) in [5.41, 5.74) is 1.66. The van der Waals surface area contributed by atoms with Crippen molar-refractivity contribution in [1.29, 1.82) is 0 Å². The fraction of sp³-hybridized carbons (Fsp3) is 0.737. The van der Waals surface area contributed by atoms with E-state index in [0.29, 0.717) is 6.42 Å². The Morgan fingerprint density at radius 1 is 1.16 bits per heavy atom. The summed E-state index contributed by atoms with van der Waals surface area (Å²) < 4.78 is 43.3. The molecule has 0 saturated heterocycles. The molecule has 0 bridgehead atoms. The van der Waals surface area contributed by atoms with Crippen LogP contribution in [0.1, 0.15) is 49.8 Å². The molecule has 1 aromatic rings. The van der Waals surface area contributed by atoms with Gasteiger partial charge in [0.25, 0.3) is 12.3 Å². The first-order valence-electron chi connectivity index (χ1n) is 9.43. The summed E-state index contributed by atoms with van der Waals surface area (Å²) in [5, 5.41) is 0. The van der Waals surface area contributed by atoms with Gasteiger partial charge in [-0.05, 0) is 36.9 Å². The van der Waals surface area contributed by atoms with E-state index in [0.717, 1.165) is 43.2 Å². The van der Waals surface area contributed by atoms with Crippen LogP contribution in [-0.2, 0) is 12.8 Å². The lowest BCUT2D eigenvalue weighted by Gasteiger charge is -2.26. The molecule has 2 heterocycles. The van der Waals surface area contributed by atoms with Gasteiger partial charge < -0.3 is 9.64 Å². The standard InChI is InChI=1S/C19H27F3N2O/c20-16-12-15-7-10-24(9-6-14-4-2-1-3-5-14)11-8-17(15)23-19(16)25-13-18(21)22/h12,14,18H,1-11,13H2. The first kappa shape index (κ1) is 18.5. The highest BCUT2D eigenvalue weighted by Crippen LogP contribution is 2.27. The molecule has 1 fully saturated rings. The number of ether oxygens (including phenoxy) is 1. The third-order valence-corrected chi connectivity index (χ3v) is 5.40. The molecule has 140 valence electrons. The zero-order valence-corrected chi connectivity index (χ0v) is 14.7. The molecule has 0 N–H and O–H groups in total. The van der Waals surface area contributed by atoms with Crippen LogP contribution in [0.5, 0.6) is 5.88 Å². The highest BCUT2D eigenvalue weighted by Gasteiger charge is 2.20. The number of nitrogens with zero attached hydrogens (tertiary/aromatic N) is 2. The number of hydrogen-bond acceptors (Lipinski definition) is 3. The van der Waals surface area contributed by atoms with Crippen LogP contribution in [0.4, 0.5) is 13.2 Å². The van der Waals surface area contributed by atoms with Gasteiger partial charge in [-0.1, -0.05) is 32.1 Å². The zero-order chi connectivity index (χ0) is 17.6. The quantitative estimate of drug-likeness (QED) is 0.762. The molecule has 1 aromatic heterocycles. The maximum atomic E-state index is 14.0. The van der Waals surface area contributed by atoms with E-state index in [1.165, 1.54) is 44.6 Å². The van der Waals surface area contributed by atoms with E-state index in [9.17, 15) is 13.2 Å². The smallest absolute Gasteiger partial charge is 0.272 e. The second-order valence-electron chi connectivity index (χ2n) is 7.22. The Balaban J connectivity index is 1.55. The maximum absolute atomic E-state index is 14.0. The van der Waals surface area contributed by atoms with E-state index in [1.807, 2.05) is 0 Å². The fourth-order valence-corrected chi connectivity index (χ4v) is 3.94. The molecular formula is C19H27F3N2O. The first-order valence-corrected chi connectivity index (χ1v) is 9.43. The fourth-order valence-electron chi connectivity index (χ4n) is 3.94. The average Bonchev–Trinajstić information content (AvgIpc) is 2.81. The Bertz CT molecular complexity index is 562. The predicted molar refractivity (Wildman–Crippen MR) is 90.7 cm³/mol. The topological polar surface area (TPSA) is 25.4 Å². The van der Waals surface area contributed by atoms with Gasteiger partial charge in [0.1, 0.15) is 0 Å². The average molecular weight is 356 g/mol. The second-order valence-corrected chi connectivity index (χ2v) is 7.22. The van der Waals surface area contributed by atoms with Crippen LogP contribution in [0.25, 0.3) is 0 Å². The van der Waals surface area contributed by atoms with Gasteiger partial charge in [-0.25, -0.2) is 18.2 Å². The molecule has 0 atom stereocenters. The second kappa shape index (κ2) is 8.88. The highest BCUT2D eigenvalue weighted by atomic mass is 19.3. The summed E-state index contributed by atoms with van der Waals surface area (Å²) in [6.07, 6.45) is 6.88. The molecule has 0 amide bonds. The summed E-state index contributed by atoms with van der Waals surface area (Å²) >= 11 is 0. The molecule has 1 aliphatic carbocycles.